The highest BCUT2D eigenvalue weighted by Gasteiger charge is 2.24. The van der Waals surface area contributed by atoms with E-state index in [4.69, 9.17) is 0 Å². The fraction of sp³-hybridized carbons (Fsp3) is 0.846. The monoisotopic (exact) mass is 198 g/mol. The van der Waals surface area contributed by atoms with Crippen LogP contribution in [0.2, 0.25) is 0 Å². The van der Waals surface area contributed by atoms with Crippen LogP contribution in [0.5, 0.6) is 0 Å². The number of hydrogen-bond acceptors (Lipinski definition) is 0. The van der Waals surface area contributed by atoms with Crippen LogP contribution in [0.1, 0.15) is 47.0 Å². The van der Waals surface area contributed by atoms with E-state index in [0.29, 0.717) is 0 Å². The molecule has 84 valence electrons. The van der Waals surface area contributed by atoms with Crippen molar-refractivity contribution < 1.29 is 4.48 Å². The topological polar surface area (TPSA) is 0 Å². The third-order valence-corrected chi connectivity index (χ3v) is 2.70. The molecule has 0 saturated heterocycles. The van der Waals surface area contributed by atoms with Gasteiger partial charge in [0.15, 0.2) is 0 Å². The van der Waals surface area contributed by atoms with Gasteiger partial charge in [0.05, 0.1) is 26.2 Å². The van der Waals surface area contributed by atoms with Crippen LogP contribution in [0.25, 0.3) is 0 Å². The zero-order valence-corrected chi connectivity index (χ0v) is 10.6. The molecule has 0 aromatic rings. The average molecular weight is 198 g/mol. The summed E-state index contributed by atoms with van der Waals surface area (Å²) in [7, 11) is 0. The van der Waals surface area contributed by atoms with Crippen LogP contribution in [-0.2, 0) is 0 Å². The maximum atomic E-state index is 4.07. The second-order valence-electron chi connectivity index (χ2n) is 4.63. The van der Waals surface area contributed by atoms with Crippen molar-refractivity contribution >= 4 is 0 Å². The molecule has 0 N–H and O–H groups in total. The van der Waals surface area contributed by atoms with Gasteiger partial charge in [-0.25, -0.2) is 0 Å². The van der Waals surface area contributed by atoms with Crippen LogP contribution >= 0.6 is 0 Å². The van der Waals surface area contributed by atoms with Gasteiger partial charge in [-0.1, -0.05) is 27.4 Å². The summed E-state index contributed by atoms with van der Waals surface area (Å²) in [6.07, 6.45) is 3.85. The smallest absolute Gasteiger partial charge is 0.0998 e. The van der Waals surface area contributed by atoms with Crippen molar-refractivity contribution in [2.45, 2.75) is 47.0 Å². The largest absolute Gasteiger partial charge is 0.320 e. The first-order valence-corrected chi connectivity index (χ1v) is 6.09. The highest BCUT2D eigenvalue weighted by atomic mass is 15.3. The lowest BCUT2D eigenvalue weighted by atomic mass is 10.2. The predicted octanol–water partition coefficient (Wildman–Crippen LogP) is 3.61. The van der Waals surface area contributed by atoms with Crippen molar-refractivity contribution in [1.82, 2.24) is 0 Å². The molecule has 0 amide bonds. The molecule has 0 spiro atoms. The van der Waals surface area contributed by atoms with E-state index in [-0.39, 0.29) is 0 Å². The molecular formula is C13H28N+. The maximum absolute atomic E-state index is 4.07. The molecular weight excluding hydrogens is 170 g/mol. The minimum Gasteiger partial charge on any atom is -0.320 e. The molecule has 0 fully saturated rings. The molecule has 0 aliphatic carbocycles. The molecule has 1 heteroatoms. The Bertz CT molecular complexity index is 144. The molecule has 14 heavy (non-hydrogen) atoms. The predicted molar refractivity (Wildman–Crippen MR) is 65.4 cm³/mol. The first kappa shape index (κ1) is 13.7. The first-order valence-electron chi connectivity index (χ1n) is 6.09. The lowest BCUT2D eigenvalue weighted by Gasteiger charge is -2.38. The lowest BCUT2D eigenvalue weighted by Crippen LogP contribution is -2.50. The van der Waals surface area contributed by atoms with Gasteiger partial charge in [0.25, 0.3) is 0 Å². The third kappa shape index (κ3) is 4.80. The van der Waals surface area contributed by atoms with Crippen LogP contribution < -0.4 is 0 Å². The fourth-order valence-electron chi connectivity index (χ4n) is 2.57. The third-order valence-electron chi connectivity index (χ3n) is 2.70. The normalized spacial score (nSPS) is 11.7. The van der Waals surface area contributed by atoms with Crippen LogP contribution in [0, 0.1) is 0 Å². The van der Waals surface area contributed by atoms with Crippen molar-refractivity contribution in [1.29, 1.82) is 0 Å². The van der Waals surface area contributed by atoms with Crippen LogP contribution in [-0.4, -0.2) is 30.7 Å². The van der Waals surface area contributed by atoms with Crippen molar-refractivity contribution in [2.75, 3.05) is 26.2 Å². The Hall–Kier alpha value is -0.300. The van der Waals surface area contributed by atoms with Crippen molar-refractivity contribution in [2.24, 2.45) is 0 Å². The van der Waals surface area contributed by atoms with Gasteiger partial charge >= 0.3 is 0 Å². The molecule has 0 aliphatic rings. The summed E-state index contributed by atoms with van der Waals surface area (Å²) in [5.74, 6) is 0. The summed E-state index contributed by atoms with van der Waals surface area (Å²) < 4.78 is 1.26. The summed E-state index contributed by atoms with van der Waals surface area (Å²) in [5, 5.41) is 0. The van der Waals surface area contributed by atoms with E-state index in [1.165, 1.54) is 55.5 Å². The van der Waals surface area contributed by atoms with E-state index in [2.05, 4.69) is 34.3 Å². The molecule has 0 rings (SSSR count). The van der Waals surface area contributed by atoms with E-state index < -0.39 is 0 Å². The van der Waals surface area contributed by atoms with Gasteiger partial charge in [-0.2, -0.15) is 0 Å². The van der Waals surface area contributed by atoms with Gasteiger partial charge < -0.3 is 4.48 Å². The number of quaternary nitrogens is 1. The van der Waals surface area contributed by atoms with Crippen LogP contribution in [0.4, 0.5) is 0 Å². The second kappa shape index (κ2) is 7.05. The Morgan fingerprint density at radius 2 is 1.29 bits per heavy atom. The number of hydrogen-bond donors (Lipinski definition) is 0. The Morgan fingerprint density at radius 3 is 1.50 bits per heavy atom. The zero-order chi connectivity index (χ0) is 11.0. The molecule has 0 aromatic heterocycles. The molecule has 1 nitrogen and oxygen atoms in total. The molecule has 0 bridgehead atoms. The van der Waals surface area contributed by atoms with E-state index in [9.17, 15) is 0 Å². The second-order valence-corrected chi connectivity index (χ2v) is 4.63. The van der Waals surface area contributed by atoms with Crippen molar-refractivity contribution in [3.8, 4) is 0 Å². The quantitative estimate of drug-likeness (QED) is 0.413. The highest BCUT2D eigenvalue weighted by Crippen LogP contribution is 2.14. The van der Waals surface area contributed by atoms with Crippen LogP contribution in [0.15, 0.2) is 12.2 Å². The number of rotatable bonds is 8. The molecule has 0 atom stereocenters. The van der Waals surface area contributed by atoms with Gasteiger partial charge in [-0.15, -0.1) is 0 Å². The molecule has 0 aromatic carbocycles. The Kier molecular flexibility index (Phi) is 6.90. The van der Waals surface area contributed by atoms with Gasteiger partial charge in [0, 0.05) is 0 Å². The van der Waals surface area contributed by atoms with E-state index in [1.54, 1.807) is 0 Å². The summed E-state index contributed by atoms with van der Waals surface area (Å²) in [6, 6.07) is 0. The zero-order valence-electron chi connectivity index (χ0n) is 10.6. The Balaban J connectivity index is 4.45. The van der Waals surface area contributed by atoms with Gasteiger partial charge in [0.1, 0.15) is 0 Å². The van der Waals surface area contributed by atoms with Crippen LogP contribution in [0.3, 0.4) is 0 Å². The molecule has 0 heterocycles. The van der Waals surface area contributed by atoms with E-state index >= 15 is 0 Å². The van der Waals surface area contributed by atoms with E-state index in [1.807, 2.05) is 0 Å². The summed E-state index contributed by atoms with van der Waals surface area (Å²) >= 11 is 0. The maximum Gasteiger partial charge on any atom is 0.0998 e. The van der Waals surface area contributed by atoms with Crippen molar-refractivity contribution in [3.05, 3.63) is 12.2 Å². The van der Waals surface area contributed by atoms with Crippen molar-refractivity contribution in [3.63, 3.8) is 0 Å². The number of nitrogens with zero attached hydrogens (tertiary/aromatic N) is 1. The molecule has 0 saturated carbocycles. The minimum atomic E-state index is 1.18. The fourth-order valence-corrected chi connectivity index (χ4v) is 2.57. The highest BCUT2D eigenvalue weighted by molar-refractivity contribution is 4.88. The standard InChI is InChI=1S/C13H28N/c1-6-9-14(10-7-2,11-8-3)12-13(4)5/h4,6-12H2,1-3,5H3/q+1. The molecule has 0 aliphatic heterocycles. The summed E-state index contributed by atoms with van der Waals surface area (Å²) in [4.78, 5) is 0. The summed E-state index contributed by atoms with van der Waals surface area (Å²) in [6.45, 7) is 18.2. The average Bonchev–Trinajstić information content (AvgIpc) is 2.03. The Labute approximate surface area is 90.4 Å². The molecule has 0 radical (unpaired) electrons. The van der Waals surface area contributed by atoms with E-state index in [0.717, 1.165) is 0 Å². The van der Waals surface area contributed by atoms with Gasteiger partial charge in [-0.05, 0) is 31.8 Å². The molecule has 0 unspecified atom stereocenters. The minimum absolute atomic E-state index is 1.18. The van der Waals surface area contributed by atoms with Gasteiger partial charge in [-0.3, -0.25) is 0 Å². The Morgan fingerprint density at radius 1 is 0.929 bits per heavy atom. The lowest BCUT2D eigenvalue weighted by molar-refractivity contribution is -0.924. The first-order chi connectivity index (χ1) is 6.60. The SMILES string of the molecule is C=C(C)C[N+](CCC)(CCC)CCC. The summed E-state index contributed by atoms with van der Waals surface area (Å²) in [5.41, 5.74) is 1.33. The van der Waals surface area contributed by atoms with Gasteiger partial charge in [0.2, 0.25) is 0 Å².